The molecule has 1 N–H and O–H groups in total. The van der Waals surface area contributed by atoms with Gasteiger partial charge in [-0.1, -0.05) is 71.1 Å². The molecule has 8 nitrogen and oxygen atoms in total. The van der Waals surface area contributed by atoms with Gasteiger partial charge >= 0.3 is 0 Å². The van der Waals surface area contributed by atoms with Crippen molar-refractivity contribution in [3.05, 3.63) is 90.3 Å². The molecule has 0 radical (unpaired) electrons. The molecule has 188 valence electrons. The number of hydrogen-bond acceptors (Lipinski definition) is 8. The Labute approximate surface area is 222 Å². The number of benzene rings is 3. The van der Waals surface area contributed by atoms with Crippen LogP contribution in [0.4, 0.5) is 5.13 Å². The first-order valence-corrected chi connectivity index (χ1v) is 14.8. The number of aryl methyl sites for hydroxylation is 1. The summed E-state index contributed by atoms with van der Waals surface area (Å²) >= 11 is 2.61. The van der Waals surface area contributed by atoms with Crippen LogP contribution in [0.5, 0.6) is 0 Å². The lowest BCUT2D eigenvalue weighted by atomic mass is 10.2. The van der Waals surface area contributed by atoms with Crippen molar-refractivity contribution in [3.63, 3.8) is 0 Å². The molecule has 0 aliphatic carbocycles. The van der Waals surface area contributed by atoms with Gasteiger partial charge in [0, 0.05) is 5.69 Å². The molecule has 5 aromatic rings. The molecule has 0 aliphatic rings. The molecule has 37 heavy (non-hydrogen) atoms. The van der Waals surface area contributed by atoms with E-state index in [-0.39, 0.29) is 22.4 Å². The number of fused-ring (bicyclic) bond motifs is 1. The predicted octanol–water partition coefficient (Wildman–Crippen LogP) is 5.28. The molecular formula is C26H23N5O3S3. The molecule has 2 heterocycles. The first kappa shape index (κ1) is 25.1. The maximum Gasteiger partial charge on any atom is 0.239 e. The van der Waals surface area contributed by atoms with Crippen molar-refractivity contribution >= 4 is 54.2 Å². The second-order valence-electron chi connectivity index (χ2n) is 8.38. The molecule has 0 saturated heterocycles. The quantitative estimate of drug-likeness (QED) is 0.263. The third-order valence-electron chi connectivity index (χ3n) is 5.59. The van der Waals surface area contributed by atoms with Gasteiger partial charge in [-0.15, -0.1) is 10.2 Å². The van der Waals surface area contributed by atoms with Gasteiger partial charge in [0.15, 0.2) is 25.9 Å². The average molecular weight is 550 g/mol. The van der Waals surface area contributed by atoms with Crippen molar-refractivity contribution in [1.29, 1.82) is 0 Å². The molecule has 0 aliphatic heterocycles. The zero-order valence-corrected chi connectivity index (χ0v) is 22.5. The molecule has 0 bridgehead atoms. The molecule has 1 amide bonds. The van der Waals surface area contributed by atoms with E-state index in [0.29, 0.717) is 16.0 Å². The number of thioether (sulfide) groups is 1. The Kier molecular flexibility index (Phi) is 7.09. The Bertz CT molecular complexity index is 1630. The van der Waals surface area contributed by atoms with Crippen LogP contribution in [0.3, 0.4) is 0 Å². The number of nitrogens with one attached hydrogen (secondary N) is 1. The molecule has 11 heteroatoms. The zero-order chi connectivity index (χ0) is 26.0. The van der Waals surface area contributed by atoms with Gasteiger partial charge < -0.3 is 5.32 Å². The first-order chi connectivity index (χ1) is 17.8. The summed E-state index contributed by atoms with van der Waals surface area (Å²) in [5.74, 6) is -0.293. The minimum Gasteiger partial charge on any atom is -0.301 e. The Morgan fingerprint density at radius 3 is 2.43 bits per heavy atom. The number of para-hydroxylation sites is 2. The Balaban J connectivity index is 1.40. The van der Waals surface area contributed by atoms with Gasteiger partial charge in [0.1, 0.15) is 5.75 Å². The summed E-state index contributed by atoms with van der Waals surface area (Å²) in [6, 6.07) is 23.7. The fourth-order valence-electron chi connectivity index (χ4n) is 3.65. The molecule has 2 aromatic heterocycles. The van der Waals surface area contributed by atoms with E-state index in [0.717, 1.165) is 15.8 Å². The lowest BCUT2D eigenvalue weighted by molar-refractivity contribution is -0.115. The van der Waals surface area contributed by atoms with Gasteiger partial charge in [0.2, 0.25) is 5.91 Å². The number of rotatable bonds is 8. The van der Waals surface area contributed by atoms with Crippen molar-refractivity contribution in [2.24, 2.45) is 0 Å². The van der Waals surface area contributed by atoms with Gasteiger partial charge in [0.25, 0.3) is 0 Å². The van der Waals surface area contributed by atoms with Crippen LogP contribution in [0.2, 0.25) is 0 Å². The van der Waals surface area contributed by atoms with Crippen molar-refractivity contribution in [2.75, 3.05) is 5.32 Å². The number of aromatic nitrogens is 4. The van der Waals surface area contributed by atoms with Gasteiger partial charge in [-0.05, 0) is 50.2 Å². The Morgan fingerprint density at radius 1 is 1.00 bits per heavy atom. The molecule has 0 fully saturated rings. The Morgan fingerprint density at radius 2 is 1.70 bits per heavy atom. The van der Waals surface area contributed by atoms with Crippen LogP contribution in [-0.2, 0) is 20.4 Å². The van der Waals surface area contributed by atoms with Gasteiger partial charge in [-0.2, -0.15) is 0 Å². The van der Waals surface area contributed by atoms with Crippen LogP contribution in [0.25, 0.3) is 15.9 Å². The third-order valence-corrected chi connectivity index (χ3v) is 9.21. The van der Waals surface area contributed by atoms with E-state index in [1.165, 1.54) is 23.1 Å². The Hall–Kier alpha value is -3.54. The highest BCUT2D eigenvalue weighted by molar-refractivity contribution is 8.00. The first-order valence-electron chi connectivity index (χ1n) is 11.4. The minimum absolute atomic E-state index is 0.221. The summed E-state index contributed by atoms with van der Waals surface area (Å²) in [5, 5.41) is 11.8. The third kappa shape index (κ3) is 5.58. The summed E-state index contributed by atoms with van der Waals surface area (Å²) in [6.07, 6.45) is 0. The second-order valence-corrected chi connectivity index (χ2v) is 12.7. The lowest BCUT2D eigenvalue weighted by Crippen LogP contribution is -2.23. The van der Waals surface area contributed by atoms with E-state index in [4.69, 9.17) is 0 Å². The van der Waals surface area contributed by atoms with Crippen LogP contribution >= 0.6 is 23.1 Å². The molecule has 0 saturated carbocycles. The highest BCUT2D eigenvalue weighted by atomic mass is 32.2. The monoisotopic (exact) mass is 549 g/mol. The topological polar surface area (TPSA) is 107 Å². The number of amides is 1. The van der Waals surface area contributed by atoms with E-state index in [2.05, 4.69) is 20.5 Å². The van der Waals surface area contributed by atoms with Crippen LogP contribution < -0.4 is 5.32 Å². The maximum absolute atomic E-state index is 13.2. The summed E-state index contributed by atoms with van der Waals surface area (Å²) in [6.45, 7) is 3.67. The normalized spacial score (nSPS) is 12.5. The fraction of sp³-hybridized carbons (Fsp3) is 0.154. The smallest absolute Gasteiger partial charge is 0.239 e. The van der Waals surface area contributed by atoms with Gasteiger partial charge in [-0.3, -0.25) is 9.36 Å². The van der Waals surface area contributed by atoms with Crippen molar-refractivity contribution in [1.82, 2.24) is 19.7 Å². The van der Waals surface area contributed by atoms with Gasteiger partial charge in [0.05, 0.1) is 20.4 Å². The van der Waals surface area contributed by atoms with Crippen LogP contribution in [-0.4, -0.2) is 39.3 Å². The second kappa shape index (κ2) is 10.4. The summed E-state index contributed by atoms with van der Waals surface area (Å²) in [5.41, 5.74) is 2.51. The van der Waals surface area contributed by atoms with Crippen LogP contribution in [0.15, 0.2) is 88.9 Å². The number of anilines is 1. The fourth-order valence-corrected chi connectivity index (χ4v) is 6.65. The largest absolute Gasteiger partial charge is 0.301 e. The standard InChI is InChI=1S/C26H23N5O3S3/c1-17-12-14-20(15-13-17)37(33,34)16-23-29-30-26(31(23)19-8-4-3-5-9-19)35-18(2)24(32)28-25-27-21-10-6-7-11-22(21)36-25/h3-15,18H,16H2,1-2H3,(H,27,28,32). The summed E-state index contributed by atoms with van der Waals surface area (Å²) in [7, 11) is -3.66. The van der Waals surface area contributed by atoms with Gasteiger partial charge in [-0.25, -0.2) is 13.4 Å². The predicted molar refractivity (Wildman–Crippen MR) is 147 cm³/mol. The molecule has 3 aromatic carbocycles. The van der Waals surface area contributed by atoms with E-state index in [1.807, 2.05) is 61.5 Å². The molecule has 0 spiro atoms. The number of hydrogen-bond donors (Lipinski definition) is 1. The highest BCUT2D eigenvalue weighted by Crippen LogP contribution is 2.30. The summed E-state index contributed by atoms with van der Waals surface area (Å²) < 4.78 is 29.0. The molecule has 1 unspecified atom stereocenters. The lowest BCUT2D eigenvalue weighted by Gasteiger charge is -2.13. The van der Waals surface area contributed by atoms with E-state index in [9.17, 15) is 13.2 Å². The average Bonchev–Trinajstić information content (AvgIpc) is 3.47. The van der Waals surface area contributed by atoms with Crippen molar-refractivity contribution < 1.29 is 13.2 Å². The highest BCUT2D eigenvalue weighted by Gasteiger charge is 2.25. The number of nitrogens with zero attached hydrogens (tertiary/aromatic N) is 4. The van der Waals surface area contributed by atoms with Crippen LogP contribution in [0.1, 0.15) is 18.3 Å². The van der Waals surface area contributed by atoms with Crippen molar-refractivity contribution in [2.45, 2.75) is 34.9 Å². The van der Waals surface area contributed by atoms with E-state index < -0.39 is 15.1 Å². The zero-order valence-electron chi connectivity index (χ0n) is 20.0. The SMILES string of the molecule is Cc1ccc(S(=O)(=O)Cc2nnc(SC(C)C(=O)Nc3nc4ccccc4s3)n2-c2ccccc2)cc1. The number of carbonyl (C=O) groups excluding carboxylic acids is 1. The maximum atomic E-state index is 13.2. The molecule has 5 rings (SSSR count). The number of thiazole rings is 1. The van der Waals surface area contributed by atoms with Crippen LogP contribution in [0, 0.1) is 6.92 Å². The minimum atomic E-state index is -3.66. The number of sulfone groups is 1. The molecule has 1 atom stereocenters. The van der Waals surface area contributed by atoms with Crippen molar-refractivity contribution in [3.8, 4) is 5.69 Å². The number of carbonyl (C=O) groups is 1. The molecular weight excluding hydrogens is 527 g/mol. The van der Waals surface area contributed by atoms with E-state index in [1.54, 1.807) is 35.8 Å². The van der Waals surface area contributed by atoms with E-state index >= 15 is 0 Å². The summed E-state index contributed by atoms with van der Waals surface area (Å²) in [4.78, 5) is 17.7.